The fourth-order valence-electron chi connectivity index (χ4n) is 1.96. The zero-order valence-electron chi connectivity index (χ0n) is 12.7. The van der Waals surface area contributed by atoms with Gasteiger partial charge in [0.05, 0.1) is 6.04 Å². The first kappa shape index (κ1) is 14.8. The van der Waals surface area contributed by atoms with Crippen molar-refractivity contribution in [3.63, 3.8) is 0 Å². The molecule has 20 heavy (non-hydrogen) atoms. The molecule has 0 bridgehead atoms. The second kappa shape index (κ2) is 6.20. The summed E-state index contributed by atoms with van der Waals surface area (Å²) in [7, 11) is 4.21. The normalized spacial score (nSPS) is 13.7. The zero-order chi connectivity index (χ0) is 14.6. The number of nitrogens with zero attached hydrogens (tertiary/aromatic N) is 2. The first-order chi connectivity index (χ1) is 9.50. The van der Waals surface area contributed by atoms with E-state index in [1.54, 1.807) is 6.20 Å². The van der Waals surface area contributed by atoms with Gasteiger partial charge in [-0.05, 0) is 33.5 Å². The minimum absolute atomic E-state index is 0.0830. The highest BCUT2D eigenvalue weighted by Crippen LogP contribution is 2.20. The van der Waals surface area contributed by atoms with Crippen molar-refractivity contribution in [3.8, 4) is 0 Å². The van der Waals surface area contributed by atoms with Crippen molar-refractivity contribution in [2.75, 3.05) is 20.6 Å². The van der Waals surface area contributed by atoms with E-state index in [1.807, 2.05) is 12.3 Å². The van der Waals surface area contributed by atoms with Crippen molar-refractivity contribution in [3.05, 3.63) is 54.1 Å². The molecule has 2 N–H and O–H groups in total. The van der Waals surface area contributed by atoms with Gasteiger partial charge in [-0.15, -0.1) is 0 Å². The van der Waals surface area contributed by atoms with Crippen LogP contribution in [0.4, 0.5) is 0 Å². The Morgan fingerprint density at radius 1 is 1.25 bits per heavy atom. The van der Waals surface area contributed by atoms with Crippen LogP contribution in [0.5, 0.6) is 0 Å². The predicted molar refractivity (Wildman–Crippen MR) is 82.6 cm³/mol. The van der Waals surface area contributed by atoms with Crippen LogP contribution in [0.25, 0.3) is 0 Å². The summed E-state index contributed by atoms with van der Waals surface area (Å²) in [6, 6.07) is 10.5. The Morgan fingerprint density at radius 3 is 2.50 bits per heavy atom. The Bertz CT molecular complexity index is 503. The van der Waals surface area contributed by atoms with Gasteiger partial charge in [0.2, 0.25) is 0 Å². The van der Waals surface area contributed by atoms with Crippen LogP contribution in [0.2, 0.25) is 0 Å². The van der Waals surface area contributed by atoms with Crippen LogP contribution in [-0.4, -0.2) is 41.0 Å². The molecule has 0 radical (unpaired) electrons. The fourth-order valence-corrected chi connectivity index (χ4v) is 1.96. The van der Waals surface area contributed by atoms with Crippen molar-refractivity contribution in [2.24, 2.45) is 0 Å². The topological polar surface area (TPSA) is 44.0 Å². The number of H-pyrrole nitrogens is 1. The molecule has 0 fully saturated rings. The number of hydrogen-bond donors (Lipinski definition) is 2. The minimum atomic E-state index is 0.0830. The Balaban J connectivity index is 2.17. The van der Waals surface area contributed by atoms with Crippen LogP contribution >= 0.6 is 0 Å². The van der Waals surface area contributed by atoms with Crippen LogP contribution in [0, 0.1) is 0 Å². The smallest absolute Gasteiger partial charge is 0.127 e. The van der Waals surface area contributed by atoms with Gasteiger partial charge in [-0.25, -0.2) is 4.98 Å². The van der Waals surface area contributed by atoms with Crippen LogP contribution in [0.1, 0.15) is 31.3 Å². The predicted octanol–water partition coefficient (Wildman–Crippen LogP) is 2.43. The van der Waals surface area contributed by atoms with Crippen molar-refractivity contribution in [1.29, 1.82) is 0 Å². The molecule has 1 atom stereocenters. The molecule has 0 unspecified atom stereocenters. The van der Waals surface area contributed by atoms with Gasteiger partial charge in [0.1, 0.15) is 5.82 Å². The second-order valence-corrected chi connectivity index (χ2v) is 5.91. The number of rotatable bonds is 6. The van der Waals surface area contributed by atoms with E-state index in [-0.39, 0.29) is 11.6 Å². The first-order valence-electron chi connectivity index (χ1n) is 6.96. The van der Waals surface area contributed by atoms with Gasteiger partial charge >= 0.3 is 0 Å². The molecule has 0 spiro atoms. The highest BCUT2D eigenvalue weighted by Gasteiger charge is 2.24. The summed E-state index contributed by atoms with van der Waals surface area (Å²) >= 11 is 0. The lowest BCUT2D eigenvalue weighted by atomic mass is 10.0. The molecule has 1 heterocycles. The molecule has 2 aromatic rings. The molecule has 0 amide bonds. The lowest BCUT2D eigenvalue weighted by Crippen LogP contribution is -2.47. The summed E-state index contributed by atoms with van der Waals surface area (Å²) in [5.41, 5.74) is 1.30. The maximum atomic E-state index is 4.41. The van der Waals surface area contributed by atoms with E-state index >= 15 is 0 Å². The van der Waals surface area contributed by atoms with Gasteiger partial charge < -0.3 is 15.2 Å². The molecule has 0 saturated heterocycles. The first-order valence-corrected chi connectivity index (χ1v) is 6.96. The SMILES string of the molecule is CN(C)C(C)(C)CN[C@@H](c1ccccc1)c1ncc[nH]1. The maximum absolute atomic E-state index is 4.41. The molecule has 0 aliphatic heterocycles. The largest absolute Gasteiger partial charge is 0.347 e. The summed E-state index contributed by atoms with van der Waals surface area (Å²) in [5.74, 6) is 0.950. The van der Waals surface area contributed by atoms with E-state index in [4.69, 9.17) is 0 Å². The molecule has 0 saturated carbocycles. The second-order valence-electron chi connectivity index (χ2n) is 5.91. The van der Waals surface area contributed by atoms with E-state index in [9.17, 15) is 0 Å². The van der Waals surface area contributed by atoms with Gasteiger partial charge in [-0.1, -0.05) is 30.3 Å². The summed E-state index contributed by atoms with van der Waals surface area (Å²) < 4.78 is 0. The van der Waals surface area contributed by atoms with E-state index < -0.39 is 0 Å². The van der Waals surface area contributed by atoms with E-state index in [1.165, 1.54) is 5.56 Å². The van der Waals surface area contributed by atoms with Crippen LogP contribution < -0.4 is 5.32 Å². The Hall–Kier alpha value is -1.65. The molecular weight excluding hydrogens is 248 g/mol. The van der Waals surface area contributed by atoms with Crippen LogP contribution in [-0.2, 0) is 0 Å². The Labute approximate surface area is 121 Å². The van der Waals surface area contributed by atoms with Gasteiger partial charge in [0.25, 0.3) is 0 Å². The molecular formula is C16H24N4. The Kier molecular flexibility index (Phi) is 4.57. The highest BCUT2D eigenvalue weighted by molar-refractivity contribution is 5.24. The average Bonchev–Trinajstić information content (AvgIpc) is 2.94. The van der Waals surface area contributed by atoms with Gasteiger partial charge in [-0.2, -0.15) is 0 Å². The summed E-state index contributed by atoms with van der Waals surface area (Å²) in [6.07, 6.45) is 3.66. The number of benzene rings is 1. The van der Waals surface area contributed by atoms with E-state index in [0.29, 0.717) is 0 Å². The zero-order valence-corrected chi connectivity index (χ0v) is 12.7. The number of nitrogens with one attached hydrogen (secondary N) is 2. The summed E-state index contributed by atoms with van der Waals surface area (Å²) in [4.78, 5) is 9.85. The van der Waals surface area contributed by atoms with Crippen LogP contribution in [0.3, 0.4) is 0 Å². The molecule has 108 valence electrons. The lowest BCUT2D eigenvalue weighted by Gasteiger charge is -2.34. The molecule has 4 nitrogen and oxygen atoms in total. The van der Waals surface area contributed by atoms with Gasteiger partial charge in [0.15, 0.2) is 0 Å². The van der Waals surface area contributed by atoms with Crippen molar-refractivity contribution >= 4 is 0 Å². The maximum Gasteiger partial charge on any atom is 0.127 e. The monoisotopic (exact) mass is 272 g/mol. The molecule has 0 aliphatic rings. The summed E-state index contributed by atoms with van der Waals surface area (Å²) in [6.45, 7) is 5.33. The third kappa shape index (κ3) is 3.46. The van der Waals surface area contributed by atoms with Crippen molar-refractivity contribution in [1.82, 2.24) is 20.2 Å². The Morgan fingerprint density at radius 2 is 1.95 bits per heavy atom. The number of imidazole rings is 1. The van der Waals surface area contributed by atoms with Gasteiger partial charge in [0, 0.05) is 24.5 Å². The molecule has 1 aromatic heterocycles. The molecule has 0 aliphatic carbocycles. The average molecular weight is 272 g/mol. The number of aromatic nitrogens is 2. The van der Waals surface area contributed by atoms with E-state index in [2.05, 4.69) is 72.4 Å². The van der Waals surface area contributed by atoms with Crippen LogP contribution in [0.15, 0.2) is 42.7 Å². The third-order valence-electron chi connectivity index (χ3n) is 3.88. The quantitative estimate of drug-likeness (QED) is 0.849. The third-order valence-corrected chi connectivity index (χ3v) is 3.88. The molecule has 1 aromatic carbocycles. The van der Waals surface area contributed by atoms with Crippen molar-refractivity contribution < 1.29 is 0 Å². The number of hydrogen-bond acceptors (Lipinski definition) is 3. The number of likely N-dealkylation sites (N-methyl/N-ethyl adjacent to an activating group) is 1. The lowest BCUT2D eigenvalue weighted by molar-refractivity contribution is 0.186. The summed E-state index contributed by atoms with van der Waals surface area (Å²) in [5, 5.41) is 3.62. The highest BCUT2D eigenvalue weighted by atomic mass is 15.2. The fraction of sp³-hybridized carbons (Fsp3) is 0.438. The van der Waals surface area contributed by atoms with Crippen molar-refractivity contribution in [2.45, 2.75) is 25.4 Å². The van der Waals surface area contributed by atoms with E-state index in [0.717, 1.165) is 12.4 Å². The van der Waals surface area contributed by atoms with Gasteiger partial charge in [-0.3, -0.25) is 0 Å². The number of aromatic amines is 1. The standard InChI is InChI=1S/C16H24N4/c1-16(2,20(3)4)12-19-14(15-17-10-11-18-15)13-8-6-5-7-9-13/h5-11,14,19H,12H2,1-4H3,(H,17,18)/t14-/m0/s1. The molecule has 2 rings (SSSR count). The molecule has 4 heteroatoms. The minimum Gasteiger partial charge on any atom is -0.347 e.